The Hall–Kier alpha value is -2.28. The number of hydrogen-bond acceptors (Lipinski definition) is 10. The lowest BCUT2D eigenvalue weighted by Crippen LogP contribution is -2.36. The molecule has 4 atom stereocenters. The summed E-state index contributed by atoms with van der Waals surface area (Å²) in [7, 11) is 2.67. The van der Waals surface area contributed by atoms with Crippen molar-refractivity contribution >= 4 is 55.7 Å². The van der Waals surface area contributed by atoms with E-state index in [1.807, 2.05) is 31.2 Å². The van der Waals surface area contributed by atoms with Crippen LogP contribution in [0.3, 0.4) is 0 Å². The maximum atomic E-state index is 12.7. The highest BCUT2D eigenvalue weighted by Gasteiger charge is 2.38. The Labute approximate surface area is 290 Å². The van der Waals surface area contributed by atoms with Gasteiger partial charge in [0, 0.05) is 6.61 Å². The van der Waals surface area contributed by atoms with Crippen LogP contribution in [0.1, 0.15) is 64.0 Å². The zero-order valence-corrected chi connectivity index (χ0v) is 31.0. The number of benzene rings is 1. The van der Waals surface area contributed by atoms with Gasteiger partial charge in [-0.25, -0.2) is 0 Å². The van der Waals surface area contributed by atoms with Gasteiger partial charge in [0.25, 0.3) is 0 Å². The molecule has 0 N–H and O–H groups in total. The van der Waals surface area contributed by atoms with Crippen LogP contribution in [-0.2, 0) is 60.4 Å². The minimum Gasteiger partial charge on any atom is -0.469 e. The molecule has 0 saturated carbocycles. The Bertz CT molecular complexity index is 1090. The number of carbonyl (C=O) groups excluding carboxylic acids is 4. The van der Waals surface area contributed by atoms with Gasteiger partial charge in [-0.1, -0.05) is 69.1 Å². The number of methoxy groups -OCH3 is 2. The standard InChI is InChI=1S/C34H50Br2O10/c1-7-17-43-19-21-45-31(39)33(3,35)23-27(29(37)41-5)15-13-25-9-11-26(12-10-25)14-16-28(30(38)42-6)24-34(4,36)32(40)46-22-20-44-18-8-2/h7,9-12,27-28H,1,8,13-24H2,2-6H3. The Morgan fingerprint density at radius 3 is 1.52 bits per heavy atom. The van der Waals surface area contributed by atoms with Crippen LogP contribution in [0, 0.1) is 11.8 Å². The molecule has 1 rings (SSSR count). The average molecular weight is 779 g/mol. The number of carbonyl (C=O) groups is 4. The second-order valence-electron chi connectivity index (χ2n) is 11.4. The van der Waals surface area contributed by atoms with Gasteiger partial charge in [0.1, 0.15) is 21.9 Å². The molecule has 0 fully saturated rings. The number of rotatable bonds is 24. The predicted molar refractivity (Wildman–Crippen MR) is 182 cm³/mol. The van der Waals surface area contributed by atoms with Crippen LogP contribution < -0.4 is 0 Å². The van der Waals surface area contributed by atoms with Crippen LogP contribution in [0.25, 0.3) is 0 Å². The van der Waals surface area contributed by atoms with Crippen molar-refractivity contribution in [1.29, 1.82) is 0 Å². The monoisotopic (exact) mass is 776 g/mol. The number of esters is 4. The first-order valence-corrected chi connectivity index (χ1v) is 17.1. The molecule has 1 aromatic rings. The van der Waals surface area contributed by atoms with E-state index in [2.05, 4.69) is 38.4 Å². The summed E-state index contributed by atoms with van der Waals surface area (Å²) in [5, 5.41) is 0. The highest BCUT2D eigenvalue weighted by molar-refractivity contribution is 9.10. The summed E-state index contributed by atoms with van der Waals surface area (Å²) in [6, 6.07) is 7.92. The van der Waals surface area contributed by atoms with Gasteiger partial charge >= 0.3 is 23.9 Å². The molecule has 10 nitrogen and oxygen atoms in total. The number of halogens is 2. The second-order valence-corrected chi connectivity index (χ2v) is 14.9. The predicted octanol–water partition coefficient (Wildman–Crippen LogP) is 5.93. The maximum Gasteiger partial charge on any atom is 0.322 e. The van der Waals surface area contributed by atoms with Crippen molar-refractivity contribution in [2.45, 2.75) is 74.4 Å². The number of hydrogen-bond donors (Lipinski definition) is 0. The van der Waals surface area contributed by atoms with Crippen LogP contribution in [0.4, 0.5) is 0 Å². The van der Waals surface area contributed by atoms with Crippen molar-refractivity contribution in [3.63, 3.8) is 0 Å². The van der Waals surface area contributed by atoms with Crippen LogP contribution >= 0.6 is 31.9 Å². The van der Waals surface area contributed by atoms with Gasteiger partial charge in [0.15, 0.2) is 0 Å². The number of aryl methyl sites for hydroxylation is 2. The first-order chi connectivity index (χ1) is 21.8. The van der Waals surface area contributed by atoms with E-state index >= 15 is 0 Å². The fourth-order valence-electron chi connectivity index (χ4n) is 4.69. The Morgan fingerprint density at radius 1 is 0.739 bits per heavy atom. The minimum absolute atomic E-state index is 0.0977. The van der Waals surface area contributed by atoms with E-state index in [0.717, 1.165) is 17.5 Å². The van der Waals surface area contributed by atoms with Crippen molar-refractivity contribution in [3.8, 4) is 0 Å². The van der Waals surface area contributed by atoms with Gasteiger partial charge in [-0.05, 0) is 69.9 Å². The molecule has 0 saturated heterocycles. The summed E-state index contributed by atoms with van der Waals surface area (Å²) in [4.78, 5) is 50.5. The molecule has 0 aromatic heterocycles. The quantitative estimate of drug-likeness (QED) is 0.0410. The second kappa shape index (κ2) is 22.3. The van der Waals surface area contributed by atoms with Gasteiger partial charge in [-0.15, -0.1) is 6.58 Å². The number of alkyl halides is 2. The van der Waals surface area contributed by atoms with Crippen LogP contribution in [0.5, 0.6) is 0 Å². The SMILES string of the molecule is C=CCOCCOC(=O)C(C)(Br)CC(CCc1ccc(CCC(CC(C)(Br)C(=O)OCCOCCC)C(=O)OC)cc1)C(=O)OC. The van der Waals surface area contributed by atoms with E-state index in [1.54, 1.807) is 19.9 Å². The molecule has 0 heterocycles. The summed E-state index contributed by atoms with van der Waals surface area (Å²) in [6.07, 6.45) is 5.04. The third-order valence-corrected chi connectivity index (χ3v) is 8.57. The molecule has 46 heavy (non-hydrogen) atoms. The third-order valence-electron chi connectivity index (χ3n) is 7.27. The van der Waals surface area contributed by atoms with Crippen molar-refractivity contribution in [2.75, 3.05) is 53.9 Å². The molecule has 0 amide bonds. The molecule has 0 aliphatic carbocycles. The molecule has 12 heteroatoms. The molecule has 0 spiro atoms. The zero-order chi connectivity index (χ0) is 34.6. The van der Waals surface area contributed by atoms with Gasteiger partial charge in [-0.3, -0.25) is 19.2 Å². The largest absolute Gasteiger partial charge is 0.469 e. The summed E-state index contributed by atoms with van der Waals surface area (Å²) in [5.74, 6) is -2.78. The van der Waals surface area contributed by atoms with Crippen molar-refractivity contribution < 1.29 is 47.6 Å². The molecule has 0 aliphatic heterocycles. The van der Waals surface area contributed by atoms with E-state index < -0.39 is 38.4 Å². The molecule has 4 unspecified atom stereocenters. The van der Waals surface area contributed by atoms with Crippen LogP contribution in [-0.4, -0.2) is 86.4 Å². The molecule has 1 aromatic carbocycles. The van der Waals surface area contributed by atoms with E-state index in [9.17, 15) is 19.2 Å². The van der Waals surface area contributed by atoms with Crippen molar-refractivity contribution in [3.05, 3.63) is 48.0 Å². The van der Waals surface area contributed by atoms with Gasteiger partial charge in [0.2, 0.25) is 0 Å². The Kier molecular flexibility index (Phi) is 20.3. The minimum atomic E-state index is -1.07. The topological polar surface area (TPSA) is 124 Å². The lowest BCUT2D eigenvalue weighted by Gasteiger charge is -2.25. The molecule has 0 radical (unpaired) electrons. The fourth-order valence-corrected chi connectivity index (χ4v) is 5.70. The normalized spacial score (nSPS) is 15.0. The van der Waals surface area contributed by atoms with Crippen molar-refractivity contribution in [2.24, 2.45) is 11.8 Å². The summed E-state index contributed by atoms with van der Waals surface area (Å²) in [6.45, 7) is 10.7. The molecular formula is C34H50Br2O10. The van der Waals surface area contributed by atoms with E-state index in [4.69, 9.17) is 28.4 Å². The molecular weight excluding hydrogens is 728 g/mol. The van der Waals surface area contributed by atoms with Crippen LogP contribution in [0.2, 0.25) is 0 Å². The fraction of sp³-hybridized carbons (Fsp3) is 0.647. The van der Waals surface area contributed by atoms with E-state index in [0.29, 0.717) is 45.5 Å². The lowest BCUT2D eigenvalue weighted by atomic mass is 9.89. The first kappa shape index (κ1) is 41.7. The lowest BCUT2D eigenvalue weighted by molar-refractivity contribution is -0.151. The highest BCUT2D eigenvalue weighted by atomic mass is 79.9. The molecule has 260 valence electrons. The number of ether oxygens (including phenoxy) is 6. The summed E-state index contributed by atoms with van der Waals surface area (Å²) >= 11 is 6.91. The van der Waals surface area contributed by atoms with Crippen molar-refractivity contribution in [1.82, 2.24) is 0 Å². The van der Waals surface area contributed by atoms with E-state index in [1.165, 1.54) is 14.2 Å². The summed E-state index contributed by atoms with van der Waals surface area (Å²) < 4.78 is 29.2. The Balaban J connectivity index is 2.74. The highest BCUT2D eigenvalue weighted by Crippen LogP contribution is 2.32. The Morgan fingerprint density at radius 2 is 1.15 bits per heavy atom. The van der Waals surface area contributed by atoms with Gasteiger partial charge in [-0.2, -0.15) is 0 Å². The zero-order valence-electron chi connectivity index (χ0n) is 27.8. The average Bonchev–Trinajstić information content (AvgIpc) is 3.04. The van der Waals surface area contributed by atoms with Gasteiger partial charge < -0.3 is 28.4 Å². The first-order valence-electron chi connectivity index (χ1n) is 15.5. The van der Waals surface area contributed by atoms with E-state index in [-0.39, 0.29) is 38.6 Å². The van der Waals surface area contributed by atoms with Gasteiger partial charge in [0.05, 0.1) is 45.9 Å². The van der Waals surface area contributed by atoms with Crippen LogP contribution in [0.15, 0.2) is 36.9 Å². The summed E-state index contributed by atoms with van der Waals surface area (Å²) in [5.41, 5.74) is 2.03. The third kappa shape index (κ3) is 16.0. The molecule has 0 bridgehead atoms. The smallest absolute Gasteiger partial charge is 0.322 e. The maximum absolute atomic E-state index is 12.7. The molecule has 0 aliphatic rings.